The molecule has 2 heterocycles. The molecule has 3 N–H and O–H groups in total. The van der Waals surface area contributed by atoms with Crippen molar-refractivity contribution in [2.24, 2.45) is 0 Å². The number of carbonyl (C=O) groups is 2. The third kappa shape index (κ3) is 6.86. The number of nitrogens with zero attached hydrogens (tertiary/aromatic N) is 2. The second kappa shape index (κ2) is 11.4. The number of alkyl carbamates (subject to hydrolysis) is 1. The number of amides is 2. The van der Waals surface area contributed by atoms with Crippen LogP contribution in [-0.4, -0.2) is 33.0 Å². The van der Waals surface area contributed by atoms with E-state index in [0.29, 0.717) is 24.3 Å². The molecule has 2 amide bonds. The molecule has 4 rings (SSSR count). The topological polar surface area (TPSA) is 109 Å². The lowest BCUT2D eigenvalue weighted by molar-refractivity contribution is 0.0563. The number of fused-ring (bicyclic) bond motifs is 1. The van der Waals surface area contributed by atoms with E-state index in [-0.39, 0.29) is 11.7 Å². The van der Waals surface area contributed by atoms with Gasteiger partial charge < -0.3 is 14.6 Å². The lowest BCUT2D eigenvalue weighted by atomic mass is 10.1. The Bertz CT molecular complexity index is 1520. The van der Waals surface area contributed by atoms with E-state index in [4.69, 9.17) is 10.1 Å². The van der Waals surface area contributed by atoms with E-state index in [1.165, 1.54) is 0 Å². The van der Waals surface area contributed by atoms with Gasteiger partial charge in [-0.15, -0.1) is 0 Å². The van der Waals surface area contributed by atoms with Gasteiger partial charge in [-0.05, 0) is 62.7 Å². The van der Waals surface area contributed by atoms with Crippen molar-refractivity contribution in [1.29, 1.82) is 5.41 Å². The third-order valence-corrected chi connectivity index (χ3v) is 5.52. The lowest BCUT2D eigenvalue weighted by Crippen LogP contribution is -2.36. The highest BCUT2D eigenvalue weighted by molar-refractivity contribution is 6.04. The van der Waals surface area contributed by atoms with Gasteiger partial charge in [0.25, 0.3) is 5.91 Å². The monoisotopic (exact) mass is 507 g/mol. The largest absolute Gasteiger partial charge is 0.444 e. The first-order valence-electron chi connectivity index (χ1n) is 12.1. The summed E-state index contributed by atoms with van der Waals surface area (Å²) in [5.41, 5.74) is 3.06. The maximum Gasteiger partial charge on any atom is 0.413 e. The molecule has 4 aromatic rings. The summed E-state index contributed by atoms with van der Waals surface area (Å²) < 4.78 is 7.09. The zero-order valence-corrected chi connectivity index (χ0v) is 21.5. The molecule has 0 saturated heterocycles. The predicted octanol–water partition coefficient (Wildman–Crippen LogP) is 4.87. The number of pyridine rings is 1. The van der Waals surface area contributed by atoms with Gasteiger partial charge in [-0.3, -0.25) is 20.5 Å². The Labute approximate surface area is 221 Å². The van der Waals surface area contributed by atoms with E-state index in [0.717, 1.165) is 22.0 Å². The number of rotatable bonds is 5. The van der Waals surface area contributed by atoms with Gasteiger partial charge in [0.2, 0.25) is 0 Å². The number of benzene rings is 2. The van der Waals surface area contributed by atoms with Crippen LogP contribution in [0.25, 0.3) is 10.9 Å². The van der Waals surface area contributed by atoms with Crippen molar-refractivity contribution < 1.29 is 14.3 Å². The molecule has 0 aliphatic rings. The van der Waals surface area contributed by atoms with Crippen molar-refractivity contribution in [2.75, 3.05) is 0 Å². The van der Waals surface area contributed by atoms with Crippen LogP contribution in [-0.2, 0) is 17.8 Å². The number of para-hydroxylation sites is 1. The Balaban J connectivity index is 1.45. The summed E-state index contributed by atoms with van der Waals surface area (Å²) in [4.78, 5) is 29.0. The van der Waals surface area contributed by atoms with Crippen LogP contribution in [0.1, 0.15) is 48.0 Å². The van der Waals surface area contributed by atoms with E-state index in [2.05, 4.69) is 27.5 Å². The van der Waals surface area contributed by atoms with Crippen molar-refractivity contribution >= 4 is 28.7 Å². The van der Waals surface area contributed by atoms with Gasteiger partial charge in [0.05, 0.1) is 6.54 Å². The molecule has 0 unspecified atom stereocenters. The maximum absolute atomic E-state index is 13.0. The molecule has 0 atom stereocenters. The van der Waals surface area contributed by atoms with Crippen LogP contribution in [0, 0.1) is 17.3 Å². The van der Waals surface area contributed by atoms with Crippen molar-refractivity contribution in [1.82, 2.24) is 20.2 Å². The van der Waals surface area contributed by atoms with Crippen LogP contribution in [0.3, 0.4) is 0 Å². The number of carbonyl (C=O) groups excluding carboxylic acids is 2. The minimum absolute atomic E-state index is 0.0556. The van der Waals surface area contributed by atoms with Gasteiger partial charge in [-0.25, -0.2) is 4.79 Å². The third-order valence-electron chi connectivity index (χ3n) is 5.52. The summed E-state index contributed by atoms with van der Waals surface area (Å²) in [6, 6.07) is 20.4. The zero-order valence-electron chi connectivity index (χ0n) is 21.5. The van der Waals surface area contributed by atoms with Crippen LogP contribution in [0.5, 0.6) is 0 Å². The maximum atomic E-state index is 13.0. The molecule has 0 bridgehead atoms. The molecule has 0 saturated carbocycles. The quantitative estimate of drug-likeness (QED) is 0.203. The van der Waals surface area contributed by atoms with Gasteiger partial charge in [0.15, 0.2) is 0 Å². The molecular formula is C30H29N5O3. The van der Waals surface area contributed by atoms with Gasteiger partial charge >= 0.3 is 6.09 Å². The van der Waals surface area contributed by atoms with Crippen LogP contribution < -0.4 is 10.6 Å². The normalized spacial score (nSPS) is 10.8. The molecule has 2 aromatic heterocycles. The number of hydrogen-bond acceptors (Lipinski definition) is 5. The Morgan fingerprint density at radius 2 is 1.74 bits per heavy atom. The number of ether oxygens (including phenoxy) is 1. The van der Waals surface area contributed by atoms with Crippen molar-refractivity contribution in [3.05, 3.63) is 102 Å². The number of hydrogen-bond donors (Lipinski definition) is 3. The predicted molar refractivity (Wildman–Crippen MR) is 147 cm³/mol. The zero-order chi connectivity index (χ0) is 27.1. The van der Waals surface area contributed by atoms with Gasteiger partial charge in [-0.2, -0.15) is 0 Å². The Morgan fingerprint density at radius 1 is 1.03 bits per heavy atom. The minimum atomic E-state index is -0.675. The Hall–Kier alpha value is -4.90. The molecular weight excluding hydrogens is 478 g/mol. The van der Waals surface area contributed by atoms with Gasteiger partial charge in [-0.1, -0.05) is 42.2 Å². The van der Waals surface area contributed by atoms with E-state index in [9.17, 15) is 9.59 Å². The minimum Gasteiger partial charge on any atom is -0.444 e. The van der Waals surface area contributed by atoms with Crippen LogP contribution >= 0.6 is 0 Å². The molecule has 0 spiro atoms. The second-order valence-corrected chi connectivity index (χ2v) is 9.59. The smallest absolute Gasteiger partial charge is 0.413 e. The van der Waals surface area contributed by atoms with Crippen molar-refractivity contribution in [2.45, 2.75) is 39.5 Å². The summed E-state index contributed by atoms with van der Waals surface area (Å²) >= 11 is 0. The summed E-state index contributed by atoms with van der Waals surface area (Å²) in [5.74, 6) is 6.03. The van der Waals surface area contributed by atoms with Crippen LogP contribution in [0.4, 0.5) is 4.79 Å². The number of nitrogens with one attached hydrogen (secondary N) is 3. The van der Waals surface area contributed by atoms with Gasteiger partial charge in [0.1, 0.15) is 17.1 Å². The average Bonchev–Trinajstić information content (AvgIpc) is 3.26. The Morgan fingerprint density at radius 3 is 2.45 bits per heavy atom. The van der Waals surface area contributed by atoms with Crippen molar-refractivity contribution in [3.63, 3.8) is 0 Å². The van der Waals surface area contributed by atoms with Gasteiger partial charge in [0, 0.05) is 41.0 Å². The van der Waals surface area contributed by atoms with Crippen LogP contribution in [0.2, 0.25) is 0 Å². The summed E-state index contributed by atoms with van der Waals surface area (Å²) in [5, 5.41) is 14.5. The first-order valence-corrected chi connectivity index (χ1v) is 12.1. The summed E-state index contributed by atoms with van der Waals surface area (Å²) in [6.45, 7) is 6.01. The summed E-state index contributed by atoms with van der Waals surface area (Å²) in [7, 11) is 0. The molecule has 8 heteroatoms. The standard InChI is InChI=1S/C30H29N5O3/c1-30(2,3)38-29(37)34-27(31)23-12-10-21(11-13-23)7-6-18-35-25-9-5-4-8-24(25)19-26(35)28(36)33-20-22-14-16-32-17-15-22/h4-5,8-17,19H,18,20H2,1-3H3,(H,33,36)(H2,31,34,37). The SMILES string of the molecule is CC(C)(C)OC(=O)NC(=N)c1ccc(C#CCn2c(C(=O)NCc3ccncc3)cc3ccccc32)cc1. The highest BCUT2D eigenvalue weighted by Gasteiger charge is 2.17. The molecule has 192 valence electrons. The second-order valence-electron chi connectivity index (χ2n) is 9.59. The lowest BCUT2D eigenvalue weighted by Gasteiger charge is -2.19. The molecule has 0 aliphatic carbocycles. The molecule has 0 aliphatic heterocycles. The number of amidine groups is 1. The van der Waals surface area contributed by atoms with Crippen molar-refractivity contribution in [3.8, 4) is 11.8 Å². The fraction of sp³-hybridized carbons (Fsp3) is 0.200. The molecule has 0 fully saturated rings. The molecule has 8 nitrogen and oxygen atoms in total. The van der Waals surface area contributed by atoms with E-state index in [1.54, 1.807) is 57.4 Å². The molecule has 0 radical (unpaired) electrons. The number of aromatic nitrogens is 2. The first-order chi connectivity index (χ1) is 18.2. The van der Waals surface area contributed by atoms with Crippen LogP contribution in [0.15, 0.2) is 79.1 Å². The highest BCUT2D eigenvalue weighted by atomic mass is 16.6. The fourth-order valence-electron chi connectivity index (χ4n) is 3.76. The highest BCUT2D eigenvalue weighted by Crippen LogP contribution is 2.20. The van der Waals surface area contributed by atoms with E-state index < -0.39 is 11.7 Å². The fourth-order valence-corrected chi connectivity index (χ4v) is 3.76. The van der Waals surface area contributed by atoms with E-state index >= 15 is 0 Å². The summed E-state index contributed by atoms with van der Waals surface area (Å²) in [6.07, 6.45) is 2.72. The molecule has 2 aromatic carbocycles. The first kappa shape index (κ1) is 26.2. The Kier molecular flexibility index (Phi) is 7.88. The van der Waals surface area contributed by atoms with E-state index in [1.807, 2.05) is 47.0 Å². The molecule has 38 heavy (non-hydrogen) atoms. The average molecular weight is 508 g/mol.